The number of carbonyl (C=O) groups excluding carboxylic acids is 3. The summed E-state index contributed by atoms with van der Waals surface area (Å²) in [5, 5.41) is 0. The van der Waals surface area contributed by atoms with Crippen LogP contribution in [0, 0.1) is 11.8 Å². The lowest BCUT2D eigenvalue weighted by Crippen LogP contribution is -2.49. The first kappa shape index (κ1) is 13.4. The molecule has 0 spiro atoms. The molecule has 0 bridgehead atoms. The molecule has 0 aromatic carbocycles. The summed E-state index contributed by atoms with van der Waals surface area (Å²) >= 11 is 0. The van der Waals surface area contributed by atoms with Gasteiger partial charge in [0.15, 0.2) is 0 Å². The highest BCUT2D eigenvalue weighted by Crippen LogP contribution is 2.42. The zero-order valence-corrected chi connectivity index (χ0v) is 11.7. The Morgan fingerprint density at radius 2 is 1.30 bits per heavy atom. The average molecular weight is 279 g/mol. The Kier molecular flexibility index (Phi) is 3.63. The largest absolute Gasteiger partial charge is 0.342 e. The summed E-state index contributed by atoms with van der Waals surface area (Å²) in [6, 6.07) is 0. The van der Waals surface area contributed by atoms with Gasteiger partial charge in [0.25, 0.3) is 0 Å². The Morgan fingerprint density at radius 3 is 1.80 bits per heavy atom. The maximum Gasteiger partial charge on any atom is 0.226 e. The van der Waals surface area contributed by atoms with E-state index in [1.807, 2.05) is 9.80 Å². The van der Waals surface area contributed by atoms with Crippen LogP contribution in [-0.4, -0.2) is 72.2 Å². The molecule has 3 rings (SSSR count). The van der Waals surface area contributed by atoms with E-state index < -0.39 is 0 Å². The minimum atomic E-state index is -0.106. The Morgan fingerprint density at radius 1 is 0.800 bits per heavy atom. The van der Waals surface area contributed by atoms with Gasteiger partial charge in [0.1, 0.15) is 0 Å². The summed E-state index contributed by atoms with van der Waals surface area (Å²) < 4.78 is 0. The molecule has 1 aliphatic carbocycles. The van der Waals surface area contributed by atoms with Gasteiger partial charge in [-0.3, -0.25) is 14.4 Å². The van der Waals surface area contributed by atoms with E-state index in [0.717, 1.165) is 32.3 Å². The highest BCUT2D eigenvalue weighted by molar-refractivity contribution is 5.92. The second-order valence-electron chi connectivity index (χ2n) is 5.95. The summed E-state index contributed by atoms with van der Waals surface area (Å²) in [5.41, 5.74) is 0. The summed E-state index contributed by atoms with van der Waals surface area (Å²) in [7, 11) is 0. The Balaban J connectivity index is 1.50. The molecule has 0 N–H and O–H groups in total. The predicted molar refractivity (Wildman–Crippen MR) is 71.6 cm³/mol. The Labute approximate surface area is 118 Å². The van der Waals surface area contributed by atoms with Crippen molar-refractivity contribution < 1.29 is 14.4 Å². The van der Waals surface area contributed by atoms with Gasteiger partial charge in [-0.1, -0.05) is 0 Å². The quantitative estimate of drug-likeness (QED) is 0.657. The van der Waals surface area contributed by atoms with Crippen LogP contribution in [0.3, 0.4) is 0 Å². The summed E-state index contributed by atoms with van der Waals surface area (Å²) in [5.74, 6) is 0.0936. The van der Waals surface area contributed by atoms with Gasteiger partial charge in [-0.15, -0.1) is 0 Å². The van der Waals surface area contributed by atoms with Crippen LogP contribution in [0.5, 0.6) is 0 Å². The third-order valence-electron chi connectivity index (χ3n) is 4.62. The molecule has 0 aromatic rings. The highest BCUT2D eigenvalue weighted by Gasteiger charge is 2.51. The normalized spacial score (nSPS) is 29.5. The first-order valence-electron chi connectivity index (χ1n) is 7.47. The van der Waals surface area contributed by atoms with E-state index in [1.54, 1.807) is 4.90 Å². The molecule has 0 aromatic heterocycles. The van der Waals surface area contributed by atoms with Crippen molar-refractivity contribution in [3.63, 3.8) is 0 Å². The van der Waals surface area contributed by atoms with E-state index >= 15 is 0 Å². The van der Waals surface area contributed by atoms with E-state index in [9.17, 15) is 14.4 Å². The minimum absolute atomic E-state index is 0.0790. The molecule has 0 radical (unpaired) electrons. The standard InChI is InChI=1S/C14H21N3O3/c18-10-15-5-7-17(8-6-15)14(20)12-9-11(12)13(19)16-3-1-2-4-16/h10-12H,1-9H2. The van der Waals surface area contributed by atoms with E-state index in [1.165, 1.54) is 0 Å². The molecule has 6 heteroatoms. The maximum absolute atomic E-state index is 12.3. The molecule has 2 heterocycles. The molecule has 2 unspecified atom stereocenters. The molecule has 3 aliphatic rings. The molecule has 20 heavy (non-hydrogen) atoms. The molecule has 2 aliphatic heterocycles. The third kappa shape index (κ3) is 2.51. The van der Waals surface area contributed by atoms with Gasteiger partial charge in [0.2, 0.25) is 18.2 Å². The van der Waals surface area contributed by atoms with Gasteiger partial charge in [-0.2, -0.15) is 0 Å². The van der Waals surface area contributed by atoms with Crippen LogP contribution >= 0.6 is 0 Å². The molecular formula is C14H21N3O3. The van der Waals surface area contributed by atoms with E-state index in [-0.39, 0.29) is 23.7 Å². The molecule has 3 fully saturated rings. The zero-order valence-electron chi connectivity index (χ0n) is 11.7. The van der Waals surface area contributed by atoms with Crippen molar-refractivity contribution in [2.24, 2.45) is 11.8 Å². The summed E-state index contributed by atoms with van der Waals surface area (Å²) in [6.07, 6.45) is 3.72. The molecule has 1 saturated carbocycles. The first-order chi connectivity index (χ1) is 9.70. The van der Waals surface area contributed by atoms with Gasteiger partial charge in [0.05, 0.1) is 11.8 Å². The van der Waals surface area contributed by atoms with Crippen LogP contribution in [-0.2, 0) is 14.4 Å². The van der Waals surface area contributed by atoms with Crippen LogP contribution in [0.15, 0.2) is 0 Å². The van der Waals surface area contributed by atoms with Gasteiger partial charge < -0.3 is 14.7 Å². The first-order valence-corrected chi connectivity index (χ1v) is 7.47. The van der Waals surface area contributed by atoms with Gasteiger partial charge >= 0.3 is 0 Å². The monoisotopic (exact) mass is 279 g/mol. The van der Waals surface area contributed by atoms with Crippen LogP contribution in [0.25, 0.3) is 0 Å². The minimum Gasteiger partial charge on any atom is -0.342 e. The van der Waals surface area contributed by atoms with E-state index in [2.05, 4.69) is 0 Å². The number of hydrogen-bond acceptors (Lipinski definition) is 3. The van der Waals surface area contributed by atoms with Crippen LogP contribution in [0.2, 0.25) is 0 Å². The number of amides is 3. The van der Waals surface area contributed by atoms with Crippen molar-refractivity contribution in [2.75, 3.05) is 39.3 Å². The van der Waals surface area contributed by atoms with Crippen molar-refractivity contribution in [1.82, 2.24) is 14.7 Å². The number of likely N-dealkylation sites (tertiary alicyclic amines) is 1. The maximum atomic E-state index is 12.3. The van der Waals surface area contributed by atoms with Crippen molar-refractivity contribution in [3.05, 3.63) is 0 Å². The summed E-state index contributed by atoms with van der Waals surface area (Å²) in [6.45, 7) is 4.11. The Hall–Kier alpha value is -1.59. The zero-order chi connectivity index (χ0) is 14.1. The average Bonchev–Trinajstić information content (AvgIpc) is 3.10. The SMILES string of the molecule is O=CN1CCN(C(=O)C2CC2C(=O)N2CCCC2)CC1. The fraction of sp³-hybridized carbons (Fsp3) is 0.786. The third-order valence-corrected chi connectivity index (χ3v) is 4.62. The molecule has 6 nitrogen and oxygen atoms in total. The highest BCUT2D eigenvalue weighted by atomic mass is 16.2. The fourth-order valence-corrected chi connectivity index (χ4v) is 3.20. The number of piperazine rings is 1. The van der Waals surface area contributed by atoms with Crippen molar-refractivity contribution >= 4 is 18.2 Å². The lowest BCUT2D eigenvalue weighted by atomic mass is 10.2. The molecular weight excluding hydrogens is 258 g/mol. The summed E-state index contributed by atoms with van der Waals surface area (Å²) in [4.78, 5) is 40.6. The predicted octanol–water partition coefficient (Wildman–Crippen LogP) is -0.454. The second kappa shape index (κ2) is 5.42. The Bertz CT molecular complexity index is 412. The lowest BCUT2D eigenvalue weighted by molar-refractivity contribution is -0.139. The molecule has 110 valence electrons. The fourth-order valence-electron chi connectivity index (χ4n) is 3.20. The van der Waals surface area contributed by atoms with Crippen molar-refractivity contribution in [3.8, 4) is 0 Å². The lowest BCUT2D eigenvalue weighted by Gasteiger charge is -2.32. The number of carbonyl (C=O) groups is 3. The molecule has 2 saturated heterocycles. The number of rotatable bonds is 3. The smallest absolute Gasteiger partial charge is 0.226 e. The van der Waals surface area contributed by atoms with Crippen molar-refractivity contribution in [1.29, 1.82) is 0 Å². The van der Waals surface area contributed by atoms with Crippen LogP contribution in [0.4, 0.5) is 0 Å². The van der Waals surface area contributed by atoms with Gasteiger partial charge in [0, 0.05) is 39.3 Å². The molecule has 3 amide bonds. The number of nitrogens with zero attached hydrogens (tertiary/aromatic N) is 3. The topological polar surface area (TPSA) is 60.9 Å². The molecule has 2 atom stereocenters. The van der Waals surface area contributed by atoms with E-state index in [4.69, 9.17) is 0 Å². The number of hydrogen-bond donors (Lipinski definition) is 0. The van der Waals surface area contributed by atoms with Crippen LogP contribution < -0.4 is 0 Å². The van der Waals surface area contributed by atoms with Gasteiger partial charge in [-0.05, 0) is 19.3 Å². The van der Waals surface area contributed by atoms with E-state index in [0.29, 0.717) is 32.6 Å². The van der Waals surface area contributed by atoms with Crippen molar-refractivity contribution in [2.45, 2.75) is 19.3 Å². The van der Waals surface area contributed by atoms with Crippen LogP contribution in [0.1, 0.15) is 19.3 Å². The second-order valence-corrected chi connectivity index (χ2v) is 5.95. The van der Waals surface area contributed by atoms with Gasteiger partial charge in [-0.25, -0.2) is 0 Å².